The molecule has 0 radical (unpaired) electrons. The molecule has 0 fully saturated rings. The van der Waals surface area contributed by atoms with Gasteiger partial charge in [0, 0.05) is 30.4 Å². The molecule has 0 aliphatic heterocycles. The fourth-order valence-corrected chi connectivity index (χ4v) is 2.94. The van der Waals surface area contributed by atoms with Crippen molar-refractivity contribution in [3.63, 3.8) is 0 Å². The first-order chi connectivity index (χ1) is 12.5. The molecule has 130 valence electrons. The molecule has 0 atom stereocenters. The predicted molar refractivity (Wildman–Crippen MR) is 100.0 cm³/mol. The van der Waals surface area contributed by atoms with Crippen LogP contribution in [0.5, 0.6) is 0 Å². The maximum absolute atomic E-state index is 12.7. The largest absolute Gasteiger partial charge is 0.337 e. The topological polar surface area (TPSA) is 61.9 Å². The highest BCUT2D eigenvalue weighted by molar-refractivity contribution is 5.94. The second kappa shape index (κ2) is 7.24. The van der Waals surface area contributed by atoms with E-state index in [9.17, 15) is 4.79 Å². The van der Waals surface area contributed by atoms with Crippen LogP contribution in [-0.4, -0.2) is 27.6 Å². The van der Waals surface area contributed by atoms with Crippen molar-refractivity contribution in [3.05, 3.63) is 82.7 Å². The minimum Gasteiger partial charge on any atom is -0.337 e. The molecule has 0 bridgehead atoms. The molecule has 5 nitrogen and oxygen atoms in total. The monoisotopic (exact) mass is 344 g/mol. The zero-order chi connectivity index (χ0) is 18.7. The van der Waals surface area contributed by atoms with Gasteiger partial charge in [0.25, 0.3) is 5.91 Å². The molecule has 0 N–H and O–H groups in total. The Morgan fingerprint density at radius 3 is 2.38 bits per heavy atom. The molecule has 0 unspecified atom stereocenters. The molecule has 0 aliphatic carbocycles. The van der Waals surface area contributed by atoms with Crippen molar-refractivity contribution in [2.24, 2.45) is 0 Å². The average molecular weight is 344 g/mol. The zero-order valence-corrected chi connectivity index (χ0v) is 15.1. The van der Waals surface area contributed by atoms with E-state index >= 15 is 0 Å². The SMILES string of the molecule is Cc1nn(-c2ccccc2)c(C)c1CN(C)C(=O)c1ccc(C#N)cc1. The van der Waals surface area contributed by atoms with Crippen LogP contribution in [-0.2, 0) is 6.54 Å². The molecule has 26 heavy (non-hydrogen) atoms. The fourth-order valence-electron chi connectivity index (χ4n) is 2.94. The van der Waals surface area contributed by atoms with Crippen molar-refractivity contribution in [1.29, 1.82) is 5.26 Å². The Kier molecular flexibility index (Phi) is 4.85. The summed E-state index contributed by atoms with van der Waals surface area (Å²) in [5.41, 5.74) is 5.08. The number of para-hydroxylation sites is 1. The van der Waals surface area contributed by atoms with E-state index < -0.39 is 0 Å². The summed E-state index contributed by atoms with van der Waals surface area (Å²) in [5.74, 6) is -0.0826. The summed E-state index contributed by atoms with van der Waals surface area (Å²) in [6.45, 7) is 4.45. The predicted octanol–water partition coefficient (Wildman–Crippen LogP) is 3.63. The van der Waals surface area contributed by atoms with Crippen molar-refractivity contribution in [3.8, 4) is 11.8 Å². The van der Waals surface area contributed by atoms with Crippen molar-refractivity contribution in [2.75, 3.05) is 7.05 Å². The molecule has 0 aliphatic rings. The second-order valence-electron chi connectivity index (χ2n) is 6.25. The second-order valence-corrected chi connectivity index (χ2v) is 6.25. The number of carbonyl (C=O) groups is 1. The smallest absolute Gasteiger partial charge is 0.253 e. The maximum atomic E-state index is 12.7. The number of hydrogen-bond donors (Lipinski definition) is 0. The summed E-state index contributed by atoms with van der Waals surface area (Å²) in [7, 11) is 1.78. The van der Waals surface area contributed by atoms with E-state index in [1.807, 2.05) is 48.9 Å². The number of benzene rings is 2. The lowest BCUT2D eigenvalue weighted by Crippen LogP contribution is -2.26. The number of aromatic nitrogens is 2. The number of aryl methyl sites for hydroxylation is 1. The van der Waals surface area contributed by atoms with Crippen LogP contribution in [0, 0.1) is 25.2 Å². The van der Waals surface area contributed by atoms with Gasteiger partial charge in [-0.1, -0.05) is 18.2 Å². The first-order valence-corrected chi connectivity index (χ1v) is 8.37. The highest BCUT2D eigenvalue weighted by atomic mass is 16.2. The van der Waals surface area contributed by atoms with Crippen LogP contribution in [0.15, 0.2) is 54.6 Å². The summed E-state index contributed by atoms with van der Waals surface area (Å²) in [6.07, 6.45) is 0. The van der Waals surface area contributed by atoms with Crippen LogP contribution < -0.4 is 0 Å². The van der Waals surface area contributed by atoms with E-state index in [0.29, 0.717) is 17.7 Å². The van der Waals surface area contributed by atoms with Gasteiger partial charge in [0.2, 0.25) is 0 Å². The first kappa shape index (κ1) is 17.4. The van der Waals surface area contributed by atoms with Crippen LogP contribution in [0.2, 0.25) is 0 Å². The number of nitriles is 1. The van der Waals surface area contributed by atoms with E-state index in [2.05, 4.69) is 11.2 Å². The molecule has 0 spiro atoms. The lowest BCUT2D eigenvalue weighted by atomic mass is 10.1. The van der Waals surface area contributed by atoms with Crippen molar-refractivity contribution in [2.45, 2.75) is 20.4 Å². The lowest BCUT2D eigenvalue weighted by Gasteiger charge is -2.18. The number of amides is 1. The Bertz CT molecular complexity index is 966. The van der Waals surface area contributed by atoms with E-state index in [0.717, 1.165) is 22.6 Å². The van der Waals surface area contributed by atoms with Gasteiger partial charge < -0.3 is 4.90 Å². The number of rotatable bonds is 4. The third-order valence-electron chi connectivity index (χ3n) is 4.44. The third kappa shape index (κ3) is 3.35. The van der Waals surface area contributed by atoms with Gasteiger partial charge in [0.15, 0.2) is 0 Å². The molecule has 3 rings (SSSR count). The molecular formula is C21H20N4O. The third-order valence-corrected chi connectivity index (χ3v) is 4.44. The normalized spacial score (nSPS) is 10.4. The van der Waals surface area contributed by atoms with Crippen LogP contribution >= 0.6 is 0 Å². The minimum absolute atomic E-state index is 0.0826. The molecule has 3 aromatic rings. The summed E-state index contributed by atoms with van der Waals surface area (Å²) >= 11 is 0. The molecule has 5 heteroatoms. The molecule has 0 saturated heterocycles. The Morgan fingerprint density at radius 1 is 1.12 bits per heavy atom. The maximum Gasteiger partial charge on any atom is 0.253 e. The minimum atomic E-state index is -0.0826. The quantitative estimate of drug-likeness (QED) is 0.726. The highest BCUT2D eigenvalue weighted by Gasteiger charge is 2.18. The van der Waals surface area contributed by atoms with Crippen molar-refractivity contribution in [1.82, 2.24) is 14.7 Å². The lowest BCUT2D eigenvalue weighted by molar-refractivity contribution is 0.0784. The Morgan fingerprint density at radius 2 is 1.77 bits per heavy atom. The van der Waals surface area contributed by atoms with Gasteiger partial charge in [0.05, 0.1) is 23.0 Å². The average Bonchev–Trinajstić information content (AvgIpc) is 2.96. The van der Waals surface area contributed by atoms with Crippen LogP contribution in [0.25, 0.3) is 5.69 Å². The van der Waals surface area contributed by atoms with Crippen LogP contribution in [0.4, 0.5) is 0 Å². The van der Waals surface area contributed by atoms with Gasteiger partial charge in [-0.15, -0.1) is 0 Å². The van der Waals surface area contributed by atoms with E-state index in [1.54, 1.807) is 36.2 Å². The Hall–Kier alpha value is -3.39. The molecule has 0 saturated carbocycles. The highest BCUT2D eigenvalue weighted by Crippen LogP contribution is 2.20. The standard InChI is InChI=1S/C21H20N4O/c1-15-20(16(2)25(23-15)19-7-5-4-6-8-19)14-24(3)21(26)18-11-9-17(13-22)10-12-18/h4-12H,14H2,1-3H3. The van der Waals surface area contributed by atoms with Gasteiger partial charge in [0.1, 0.15) is 0 Å². The van der Waals surface area contributed by atoms with Crippen LogP contribution in [0.1, 0.15) is 32.9 Å². The van der Waals surface area contributed by atoms with Gasteiger partial charge in [-0.05, 0) is 50.2 Å². The van der Waals surface area contributed by atoms with E-state index in [4.69, 9.17) is 5.26 Å². The summed E-state index contributed by atoms with van der Waals surface area (Å²) < 4.78 is 1.91. The van der Waals surface area contributed by atoms with Crippen molar-refractivity contribution < 1.29 is 4.79 Å². The molecule has 2 aromatic carbocycles. The molecular weight excluding hydrogens is 324 g/mol. The summed E-state index contributed by atoms with van der Waals surface area (Å²) in [4.78, 5) is 14.3. The van der Waals surface area contributed by atoms with E-state index in [1.165, 1.54) is 0 Å². The molecule has 1 aromatic heterocycles. The number of nitrogens with zero attached hydrogens (tertiary/aromatic N) is 4. The Balaban J connectivity index is 1.83. The number of carbonyl (C=O) groups excluding carboxylic acids is 1. The van der Waals surface area contributed by atoms with Crippen molar-refractivity contribution >= 4 is 5.91 Å². The zero-order valence-electron chi connectivity index (χ0n) is 15.1. The first-order valence-electron chi connectivity index (χ1n) is 8.37. The van der Waals surface area contributed by atoms with Gasteiger partial charge in [-0.2, -0.15) is 10.4 Å². The number of hydrogen-bond acceptors (Lipinski definition) is 3. The fraction of sp³-hybridized carbons (Fsp3) is 0.190. The molecule has 1 heterocycles. The van der Waals surface area contributed by atoms with Gasteiger partial charge in [-0.25, -0.2) is 4.68 Å². The molecule has 1 amide bonds. The van der Waals surface area contributed by atoms with Crippen LogP contribution in [0.3, 0.4) is 0 Å². The van der Waals surface area contributed by atoms with Gasteiger partial charge >= 0.3 is 0 Å². The van der Waals surface area contributed by atoms with Gasteiger partial charge in [-0.3, -0.25) is 4.79 Å². The Labute approximate surface area is 153 Å². The summed E-state index contributed by atoms with van der Waals surface area (Å²) in [5, 5.41) is 13.5. The summed E-state index contributed by atoms with van der Waals surface area (Å²) in [6, 6.07) is 18.7. The van der Waals surface area contributed by atoms with E-state index in [-0.39, 0.29) is 5.91 Å².